The fourth-order valence-electron chi connectivity index (χ4n) is 2.85. The quantitative estimate of drug-likeness (QED) is 0.551. The van der Waals surface area contributed by atoms with Crippen LogP contribution in [0.5, 0.6) is 0 Å². The van der Waals surface area contributed by atoms with Crippen LogP contribution in [0.3, 0.4) is 0 Å². The predicted molar refractivity (Wildman–Crippen MR) is 74.2 cm³/mol. The van der Waals surface area contributed by atoms with Crippen molar-refractivity contribution in [2.45, 2.75) is 12.0 Å². The Morgan fingerprint density at radius 2 is 1.72 bits per heavy atom. The number of allylic oxidation sites excluding steroid dienone is 2. The van der Waals surface area contributed by atoms with Crippen LogP contribution in [0, 0.1) is 0 Å². The van der Waals surface area contributed by atoms with Gasteiger partial charge in [-0.3, -0.25) is 0 Å². The van der Waals surface area contributed by atoms with Crippen LogP contribution in [-0.2, 0) is 0 Å². The molecule has 2 aromatic rings. The maximum absolute atomic E-state index is 3.99. The monoisotopic (exact) mass is 234 g/mol. The smallest absolute Gasteiger partial charge is 0.191 e. The molecule has 0 N–H and O–H groups in total. The van der Waals surface area contributed by atoms with Gasteiger partial charge in [0.05, 0.1) is 11.5 Å². The summed E-state index contributed by atoms with van der Waals surface area (Å²) in [5.74, 6) is 0.290. The number of rotatable bonds is 2. The second-order valence-corrected chi connectivity index (χ2v) is 4.57. The maximum Gasteiger partial charge on any atom is 0.213 e. The van der Waals surface area contributed by atoms with E-state index < -0.39 is 0 Å². The first-order valence-electron chi connectivity index (χ1n) is 6.21. The molecule has 0 aliphatic carbocycles. The highest BCUT2D eigenvalue weighted by Crippen LogP contribution is 2.38. The van der Waals surface area contributed by atoms with Gasteiger partial charge in [0.25, 0.3) is 0 Å². The molecule has 0 fully saturated rings. The van der Waals surface area contributed by atoms with Gasteiger partial charge < -0.3 is 0 Å². The maximum atomic E-state index is 3.99. The molecule has 1 aliphatic heterocycles. The number of hydrogen-bond acceptors (Lipinski definition) is 0. The molecule has 18 heavy (non-hydrogen) atoms. The highest BCUT2D eigenvalue weighted by atomic mass is 15.0. The van der Waals surface area contributed by atoms with Crippen LogP contribution in [0.4, 0.5) is 0 Å². The van der Waals surface area contributed by atoms with Gasteiger partial charge in [-0.05, 0) is 23.8 Å². The van der Waals surface area contributed by atoms with Crippen LogP contribution in [0.15, 0.2) is 74.0 Å². The molecular weight excluding hydrogens is 218 g/mol. The van der Waals surface area contributed by atoms with Crippen LogP contribution in [0.1, 0.15) is 17.5 Å². The number of fused-ring (bicyclic) bond motifs is 3. The lowest BCUT2D eigenvalue weighted by molar-refractivity contribution is -0.705. The normalized spacial score (nSPS) is 20.7. The Kier molecular flexibility index (Phi) is 2.60. The number of benzene rings is 1. The molecule has 1 aromatic heterocycles. The van der Waals surface area contributed by atoms with Crippen molar-refractivity contribution in [2.24, 2.45) is 0 Å². The largest absolute Gasteiger partial charge is 0.213 e. The van der Waals surface area contributed by atoms with E-state index in [1.807, 2.05) is 12.2 Å². The van der Waals surface area contributed by atoms with Gasteiger partial charge in [-0.1, -0.05) is 30.9 Å². The molecule has 0 saturated heterocycles. The fraction of sp³-hybridized carbons (Fsp3) is 0.118. The average molecular weight is 234 g/mol. The number of nitrogens with zero attached hydrogens (tertiary/aromatic N) is 1. The summed E-state index contributed by atoms with van der Waals surface area (Å²) in [6.07, 6.45) is 6.15. The van der Waals surface area contributed by atoms with Crippen molar-refractivity contribution < 1.29 is 4.57 Å². The summed E-state index contributed by atoms with van der Waals surface area (Å²) < 4.78 is 2.28. The van der Waals surface area contributed by atoms with Crippen LogP contribution >= 0.6 is 0 Å². The van der Waals surface area contributed by atoms with E-state index in [9.17, 15) is 0 Å². The first kappa shape index (κ1) is 11.0. The Morgan fingerprint density at radius 3 is 2.50 bits per heavy atom. The summed E-state index contributed by atoms with van der Waals surface area (Å²) in [7, 11) is 0. The standard InChI is InChI=1S/C17H16N/c1-3-13-14-9-5-6-10-15(14)17-11-7-8-12-18(17)16(13)4-2/h3-13,16H,1-2H2/q+1. The molecule has 3 rings (SSSR count). The lowest BCUT2D eigenvalue weighted by atomic mass is 9.83. The van der Waals surface area contributed by atoms with Crippen LogP contribution < -0.4 is 4.57 Å². The van der Waals surface area contributed by atoms with Gasteiger partial charge in [0.2, 0.25) is 5.69 Å². The number of hydrogen-bond donors (Lipinski definition) is 0. The molecule has 0 radical (unpaired) electrons. The summed E-state index contributed by atoms with van der Waals surface area (Å²) in [5.41, 5.74) is 3.88. The van der Waals surface area contributed by atoms with E-state index >= 15 is 0 Å². The molecule has 2 heterocycles. The zero-order valence-corrected chi connectivity index (χ0v) is 10.3. The first-order valence-corrected chi connectivity index (χ1v) is 6.21. The van der Waals surface area contributed by atoms with Crippen LogP contribution in [-0.4, -0.2) is 0 Å². The van der Waals surface area contributed by atoms with E-state index in [-0.39, 0.29) is 6.04 Å². The molecule has 0 saturated carbocycles. The van der Waals surface area contributed by atoms with Crippen molar-refractivity contribution in [1.82, 2.24) is 0 Å². The number of pyridine rings is 1. The van der Waals surface area contributed by atoms with E-state index in [4.69, 9.17) is 0 Å². The van der Waals surface area contributed by atoms with Crippen molar-refractivity contribution in [1.29, 1.82) is 0 Å². The zero-order chi connectivity index (χ0) is 12.5. The topological polar surface area (TPSA) is 3.88 Å². The second-order valence-electron chi connectivity index (χ2n) is 4.57. The summed E-state index contributed by atoms with van der Waals surface area (Å²) in [6.45, 7) is 7.98. The SMILES string of the molecule is C=CC1c2ccccc2-c2cccc[n+]2C1C=C. The molecule has 0 spiro atoms. The molecule has 1 heteroatoms. The van der Waals surface area contributed by atoms with Crippen molar-refractivity contribution in [3.05, 3.63) is 79.5 Å². The van der Waals surface area contributed by atoms with Gasteiger partial charge in [0, 0.05) is 12.1 Å². The second kappa shape index (κ2) is 4.26. The summed E-state index contributed by atoms with van der Waals surface area (Å²) in [5, 5.41) is 0. The van der Waals surface area contributed by atoms with Crippen molar-refractivity contribution in [3.63, 3.8) is 0 Å². The molecule has 2 atom stereocenters. The van der Waals surface area contributed by atoms with Crippen LogP contribution in [0.25, 0.3) is 11.3 Å². The Hall–Kier alpha value is -2.15. The Bertz CT molecular complexity index is 557. The van der Waals surface area contributed by atoms with Gasteiger partial charge in [0.15, 0.2) is 12.2 Å². The molecule has 2 unspecified atom stereocenters. The molecular formula is C17H16N+. The summed E-state index contributed by atoms with van der Waals surface area (Å²) >= 11 is 0. The van der Waals surface area contributed by atoms with E-state index in [1.54, 1.807) is 0 Å². The van der Waals surface area contributed by atoms with Gasteiger partial charge in [0.1, 0.15) is 0 Å². The third-order valence-corrected chi connectivity index (χ3v) is 3.67. The minimum Gasteiger partial charge on any atom is -0.191 e. The third-order valence-electron chi connectivity index (χ3n) is 3.67. The highest BCUT2D eigenvalue weighted by Gasteiger charge is 2.35. The van der Waals surface area contributed by atoms with Gasteiger partial charge in [-0.15, -0.1) is 6.58 Å². The molecule has 1 aliphatic rings. The van der Waals surface area contributed by atoms with Crippen molar-refractivity contribution >= 4 is 0 Å². The Balaban J connectivity index is 2.34. The molecule has 88 valence electrons. The van der Waals surface area contributed by atoms with Gasteiger partial charge in [-0.2, -0.15) is 4.57 Å². The minimum absolute atomic E-state index is 0.244. The van der Waals surface area contributed by atoms with Gasteiger partial charge in [-0.25, -0.2) is 0 Å². The lowest BCUT2D eigenvalue weighted by Crippen LogP contribution is -2.45. The van der Waals surface area contributed by atoms with Crippen molar-refractivity contribution in [2.75, 3.05) is 0 Å². The summed E-state index contributed by atoms with van der Waals surface area (Å²) in [4.78, 5) is 0. The fourth-order valence-corrected chi connectivity index (χ4v) is 2.85. The molecule has 0 bridgehead atoms. The predicted octanol–water partition coefficient (Wildman–Crippen LogP) is 3.65. The molecule has 1 aromatic carbocycles. The van der Waals surface area contributed by atoms with E-state index in [0.717, 1.165) is 0 Å². The van der Waals surface area contributed by atoms with Crippen LogP contribution in [0.2, 0.25) is 0 Å². The Labute approximate surface area is 108 Å². The third kappa shape index (κ3) is 1.44. The van der Waals surface area contributed by atoms with Crippen molar-refractivity contribution in [3.8, 4) is 11.3 Å². The lowest BCUT2D eigenvalue weighted by Gasteiger charge is -2.26. The van der Waals surface area contributed by atoms with E-state index in [2.05, 4.69) is 66.4 Å². The van der Waals surface area contributed by atoms with E-state index in [0.29, 0.717) is 5.92 Å². The minimum atomic E-state index is 0.244. The molecule has 0 amide bonds. The Morgan fingerprint density at radius 1 is 0.944 bits per heavy atom. The first-order chi connectivity index (χ1) is 8.86. The highest BCUT2D eigenvalue weighted by molar-refractivity contribution is 5.64. The zero-order valence-electron chi connectivity index (χ0n) is 10.3. The van der Waals surface area contributed by atoms with E-state index in [1.165, 1.54) is 16.8 Å². The summed E-state index contributed by atoms with van der Waals surface area (Å²) in [6, 6.07) is 15.1. The number of aromatic nitrogens is 1. The van der Waals surface area contributed by atoms with Gasteiger partial charge >= 0.3 is 0 Å². The average Bonchev–Trinajstić information content (AvgIpc) is 2.45. The molecule has 1 nitrogen and oxygen atoms in total.